The molecule has 0 amide bonds. The number of carboxylic acid groups (broad SMARTS) is 1. The summed E-state index contributed by atoms with van der Waals surface area (Å²) < 4.78 is 0. The average Bonchev–Trinajstić information content (AvgIpc) is 2.69. The predicted octanol–water partition coefficient (Wildman–Crippen LogP) is 5.94. The maximum Gasteiger partial charge on any atom is 0.303 e. The lowest BCUT2D eigenvalue weighted by atomic mass is 9.96. The Balaban J connectivity index is 1.79. The topological polar surface area (TPSA) is 37.3 Å². The molecule has 0 aromatic carbocycles. The summed E-state index contributed by atoms with van der Waals surface area (Å²) in [4.78, 5) is 10.4. The fourth-order valence-corrected chi connectivity index (χ4v) is 3.42. The maximum atomic E-state index is 10.4. The monoisotopic (exact) mass is 287 g/mol. The van der Waals surface area contributed by atoms with Crippen molar-refractivity contribution in [3.8, 4) is 0 Å². The van der Waals surface area contributed by atoms with E-state index in [1.165, 1.54) is 83.5 Å². The van der Waals surface area contributed by atoms with Gasteiger partial charge in [-0.05, 0) is 12.3 Å². The van der Waals surface area contributed by atoms with E-state index < -0.39 is 5.97 Å². The van der Waals surface area contributed by atoms with Crippen LogP contribution < -0.4 is 0 Å². The van der Waals surface area contributed by atoms with Crippen LogP contribution in [0.3, 0.4) is 0 Å². The van der Waals surface area contributed by atoms with Crippen molar-refractivity contribution in [2.75, 3.05) is 0 Å². The number of unbranched alkanes of at least 4 members (excludes halogenated alkanes) is 7. The molecule has 1 aliphatic rings. The fourth-order valence-electron chi connectivity index (χ4n) is 3.42. The number of carbonyl (C=O) groups is 1. The van der Waals surface area contributed by atoms with Crippen molar-refractivity contribution in [1.82, 2.24) is 0 Å². The van der Waals surface area contributed by atoms with Crippen LogP contribution in [0, 0.1) is 5.92 Å². The van der Waals surface area contributed by atoms with E-state index in [0.29, 0.717) is 6.42 Å². The van der Waals surface area contributed by atoms with E-state index in [1.54, 1.807) is 0 Å². The van der Waals surface area contributed by atoms with E-state index in [9.17, 15) is 4.79 Å². The number of carboxylic acids is 1. The van der Waals surface area contributed by atoms with Crippen LogP contribution in [-0.2, 0) is 4.79 Å². The Morgan fingerprint density at radius 1 is 0.750 bits per heavy atom. The van der Waals surface area contributed by atoms with Crippen LogP contribution in [0.1, 0.15) is 103 Å². The van der Waals surface area contributed by atoms with E-state index in [0.717, 1.165) is 18.8 Å². The minimum Gasteiger partial charge on any atom is -0.481 e. The normalized spacial score (nSPS) is 17.0. The lowest BCUT2D eigenvalue weighted by Crippen LogP contribution is -1.98. The van der Waals surface area contributed by atoms with Crippen molar-refractivity contribution >= 4 is 5.97 Å². The van der Waals surface area contributed by atoms with Crippen molar-refractivity contribution in [1.29, 1.82) is 0 Å². The van der Waals surface area contributed by atoms with Gasteiger partial charge in [-0.25, -0.2) is 0 Å². The van der Waals surface area contributed by atoms with Gasteiger partial charge < -0.3 is 5.11 Å². The van der Waals surface area contributed by atoms with Gasteiger partial charge in [0, 0.05) is 6.42 Å². The van der Waals surface area contributed by atoms with Crippen LogP contribution in [0.4, 0.5) is 0 Å². The van der Waals surface area contributed by atoms with Gasteiger partial charge in [-0.15, -0.1) is 0 Å². The first-order chi connectivity index (χ1) is 9.79. The average molecular weight is 287 g/mol. The third-order valence-corrected chi connectivity index (χ3v) is 4.73. The predicted molar refractivity (Wildman–Crippen MR) is 85.0 cm³/mol. The largest absolute Gasteiger partial charge is 0.481 e. The lowest BCUT2D eigenvalue weighted by molar-refractivity contribution is -0.137. The van der Waals surface area contributed by atoms with Crippen LogP contribution in [0.2, 0.25) is 0 Å². The Labute approximate surface area is 125 Å². The third kappa shape index (κ3) is 10.3. The van der Waals surface area contributed by atoms with E-state index in [4.69, 9.17) is 5.11 Å². The summed E-state index contributed by atoms with van der Waals surface area (Å²) in [5, 5.41) is 8.54. The fraction of sp³-hybridized carbons (Fsp3) is 0.944. The Morgan fingerprint density at radius 3 is 1.80 bits per heavy atom. The molecule has 1 aliphatic carbocycles. The molecule has 0 heterocycles. The summed E-state index contributed by atoms with van der Waals surface area (Å²) in [6, 6.07) is 0. The summed E-state index contributed by atoms with van der Waals surface area (Å²) in [5.74, 6) is 0.386. The molecule has 20 heavy (non-hydrogen) atoms. The highest BCUT2D eigenvalue weighted by Crippen LogP contribution is 2.27. The molecule has 1 fully saturated rings. The zero-order valence-electron chi connectivity index (χ0n) is 13.2. The molecule has 0 saturated heterocycles. The molecule has 1 rings (SSSR count). The Morgan fingerprint density at radius 2 is 1.25 bits per heavy atom. The van der Waals surface area contributed by atoms with Gasteiger partial charge in [0.2, 0.25) is 0 Å². The standard InChI is InChI=1S/C18H34O2/c19-18(20)16-12-6-4-2-1-3-5-9-13-17-14-10-7-8-11-15-17/h17H,1-16H2,(H,19,20)/i1+1,4+1,5+1,12+1,18+1. The highest BCUT2D eigenvalue weighted by atomic mass is 16.5. The van der Waals surface area contributed by atoms with Crippen LogP contribution in [0.15, 0.2) is 0 Å². The van der Waals surface area contributed by atoms with Crippen molar-refractivity contribution in [3.05, 3.63) is 0 Å². The Bertz CT molecular complexity index is 230. The molecule has 0 spiro atoms. The summed E-state index contributed by atoms with van der Waals surface area (Å²) in [7, 11) is 0. The van der Waals surface area contributed by atoms with E-state index in [1.807, 2.05) is 0 Å². The number of aliphatic carboxylic acids is 1. The van der Waals surface area contributed by atoms with Crippen molar-refractivity contribution in [2.24, 2.45) is 5.92 Å². The van der Waals surface area contributed by atoms with Gasteiger partial charge in [-0.2, -0.15) is 0 Å². The molecule has 0 bridgehead atoms. The molecule has 0 atom stereocenters. The first kappa shape index (κ1) is 17.5. The minimum absolute atomic E-state index is 0.349. The zero-order valence-corrected chi connectivity index (χ0v) is 13.2. The molecule has 1 N–H and O–H groups in total. The number of hydrogen-bond acceptors (Lipinski definition) is 1. The maximum absolute atomic E-state index is 10.4. The highest BCUT2D eigenvalue weighted by Gasteiger charge is 2.11. The summed E-state index contributed by atoms with van der Waals surface area (Å²) in [5.41, 5.74) is 0. The van der Waals surface area contributed by atoms with E-state index in [-0.39, 0.29) is 0 Å². The zero-order chi connectivity index (χ0) is 14.5. The molecule has 1 saturated carbocycles. The molecule has 0 aromatic heterocycles. The molecule has 0 unspecified atom stereocenters. The first-order valence-electron chi connectivity index (χ1n) is 9.01. The molecular weight excluding hydrogens is 253 g/mol. The highest BCUT2D eigenvalue weighted by molar-refractivity contribution is 5.66. The first-order valence-corrected chi connectivity index (χ1v) is 9.01. The molecule has 0 aromatic rings. The quantitative estimate of drug-likeness (QED) is 0.290. The van der Waals surface area contributed by atoms with Crippen LogP contribution in [-0.4, -0.2) is 11.1 Å². The van der Waals surface area contributed by atoms with Gasteiger partial charge in [0.15, 0.2) is 0 Å². The molecule has 0 aliphatic heterocycles. The van der Waals surface area contributed by atoms with Gasteiger partial charge in [0.1, 0.15) is 0 Å². The van der Waals surface area contributed by atoms with Gasteiger partial charge in [-0.1, -0.05) is 89.9 Å². The summed E-state index contributed by atoms with van der Waals surface area (Å²) in [6.45, 7) is 0. The van der Waals surface area contributed by atoms with Crippen LogP contribution >= 0.6 is 0 Å². The third-order valence-electron chi connectivity index (χ3n) is 4.73. The second kappa shape index (κ2) is 12.2. The SMILES string of the molecule is O=[13C](O)C[13CH2]C[13CH2]C[13CH2]C[13CH2]CCC1CCCCCC1. The van der Waals surface area contributed by atoms with Crippen molar-refractivity contribution in [3.63, 3.8) is 0 Å². The molecule has 2 nitrogen and oxygen atoms in total. The summed E-state index contributed by atoms with van der Waals surface area (Å²) in [6.07, 6.45) is 20.7. The van der Waals surface area contributed by atoms with E-state index in [2.05, 4.69) is 0 Å². The van der Waals surface area contributed by atoms with Crippen molar-refractivity contribution < 1.29 is 9.90 Å². The summed E-state index contributed by atoms with van der Waals surface area (Å²) >= 11 is 0. The molecular formula is C18H34O2. The van der Waals surface area contributed by atoms with Crippen molar-refractivity contribution in [2.45, 2.75) is 103 Å². The number of rotatable bonds is 11. The second-order valence-corrected chi connectivity index (χ2v) is 6.62. The Hall–Kier alpha value is -0.530. The van der Waals surface area contributed by atoms with Gasteiger partial charge in [0.05, 0.1) is 0 Å². The van der Waals surface area contributed by atoms with Crippen LogP contribution in [0.5, 0.6) is 0 Å². The van der Waals surface area contributed by atoms with Gasteiger partial charge >= 0.3 is 5.97 Å². The lowest BCUT2D eigenvalue weighted by Gasteiger charge is -2.13. The smallest absolute Gasteiger partial charge is 0.303 e. The van der Waals surface area contributed by atoms with Gasteiger partial charge in [0.25, 0.3) is 0 Å². The molecule has 118 valence electrons. The second-order valence-electron chi connectivity index (χ2n) is 6.62. The Kier molecular flexibility index (Phi) is 10.7. The van der Waals surface area contributed by atoms with Crippen LogP contribution in [0.25, 0.3) is 0 Å². The number of hydrogen-bond donors (Lipinski definition) is 1. The van der Waals surface area contributed by atoms with Gasteiger partial charge in [-0.3, -0.25) is 4.79 Å². The van der Waals surface area contributed by atoms with E-state index >= 15 is 0 Å². The molecule has 0 radical (unpaired) electrons. The minimum atomic E-state index is -0.650. The molecule has 2 heteroatoms.